The molecule has 0 amide bonds. The second-order valence-electron chi connectivity index (χ2n) is 9.26. The van der Waals surface area contributed by atoms with Crippen molar-refractivity contribution < 1.29 is 18.6 Å². The van der Waals surface area contributed by atoms with Crippen LogP contribution >= 0.6 is 34.8 Å². The SMILES string of the molecule is CC(C)(O)c1cn(C2=CC=C(c3ccc(CO)cc3)CC2(Cl)S(C)(=O)=O)c(-c2cccc(Cl)c2Cl)n1. The lowest BCUT2D eigenvalue weighted by Gasteiger charge is -2.33. The van der Waals surface area contributed by atoms with Crippen LogP contribution in [0.25, 0.3) is 22.7 Å². The number of nitrogens with zero attached hydrogens (tertiary/aromatic N) is 2. The minimum absolute atomic E-state index is 0.0174. The van der Waals surface area contributed by atoms with E-state index in [1.54, 1.807) is 61.0 Å². The third-order valence-corrected chi connectivity index (χ3v) is 9.64. The fourth-order valence-corrected chi connectivity index (χ4v) is 5.67. The van der Waals surface area contributed by atoms with Gasteiger partial charge in [-0.25, -0.2) is 13.4 Å². The van der Waals surface area contributed by atoms with E-state index in [2.05, 4.69) is 4.98 Å². The predicted molar refractivity (Wildman–Crippen MR) is 146 cm³/mol. The minimum atomic E-state index is -3.87. The molecule has 36 heavy (non-hydrogen) atoms. The molecule has 0 spiro atoms. The Labute approximate surface area is 225 Å². The Balaban J connectivity index is 1.97. The van der Waals surface area contributed by atoms with Gasteiger partial charge in [-0.05, 0) is 48.8 Å². The summed E-state index contributed by atoms with van der Waals surface area (Å²) < 4.78 is 26.1. The van der Waals surface area contributed by atoms with Crippen molar-refractivity contribution in [1.29, 1.82) is 0 Å². The maximum Gasteiger partial charge on any atom is 0.189 e. The van der Waals surface area contributed by atoms with E-state index in [1.165, 1.54) is 0 Å². The van der Waals surface area contributed by atoms with Gasteiger partial charge < -0.3 is 14.8 Å². The molecular formula is C26H25Cl3N2O4S. The van der Waals surface area contributed by atoms with Crippen LogP contribution in [0.1, 0.15) is 37.1 Å². The average molecular weight is 568 g/mol. The standard InChI is InChI=1S/C26H25Cl3N2O4S/c1-25(2,33)21-14-31(24(30-21)19-5-4-6-20(27)23(19)28)22-12-11-18(13-26(22,29)36(3,34)35)17-9-7-16(15-32)8-10-17/h4-12,14,32-33H,13,15H2,1-3H3. The minimum Gasteiger partial charge on any atom is -0.392 e. The third kappa shape index (κ3) is 4.88. The van der Waals surface area contributed by atoms with Crippen LogP contribution in [0.3, 0.4) is 0 Å². The van der Waals surface area contributed by atoms with Gasteiger partial charge in [0.05, 0.1) is 28.0 Å². The smallest absolute Gasteiger partial charge is 0.189 e. The number of aliphatic hydroxyl groups is 2. The second-order valence-corrected chi connectivity index (χ2v) is 13.2. The van der Waals surface area contributed by atoms with Gasteiger partial charge in [-0.15, -0.1) is 0 Å². The van der Waals surface area contributed by atoms with Gasteiger partial charge in [-0.2, -0.15) is 0 Å². The van der Waals surface area contributed by atoms with Crippen LogP contribution < -0.4 is 0 Å². The van der Waals surface area contributed by atoms with Crippen molar-refractivity contribution in [3.05, 3.63) is 87.7 Å². The first-order chi connectivity index (χ1) is 16.8. The largest absolute Gasteiger partial charge is 0.392 e. The fraction of sp³-hybridized carbons (Fsp3) is 0.269. The lowest BCUT2D eigenvalue weighted by molar-refractivity contribution is 0.0743. The Hall–Kier alpha value is -2.13. The number of hydrogen-bond donors (Lipinski definition) is 2. The monoisotopic (exact) mass is 566 g/mol. The van der Waals surface area contributed by atoms with E-state index in [0.717, 1.165) is 17.4 Å². The van der Waals surface area contributed by atoms with Crippen LogP contribution in [-0.2, 0) is 22.0 Å². The van der Waals surface area contributed by atoms with Crippen molar-refractivity contribution in [3.63, 3.8) is 0 Å². The van der Waals surface area contributed by atoms with Crippen molar-refractivity contribution in [2.24, 2.45) is 0 Å². The number of allylic oxidation sites excluding steroid dienone is 3. The van der Waals surface area contributed by atoms with E-state index >= 15 is 0 Å². The summed E-state index contributed by atoms with van der Waals surface area (Å²) in [7, 11) is -3.87. The van der Waals surface area contributed by atoms with Crippen molar-refractivity contribution >= 4 is 55.9 Å². The molecule has 0 bridgehead atoms. The van der Waals surface area contributed by atoms with E-state index in [-0.39, 0.29) is 23.7 Å². The molecule has 1 aliphatic carbocycles. The molecule has 1 heterocycles. The molecule has 4 rings (SSSR count). The van der Waals surface area contributed by atoms with Gasteiger partial charge in [0.2, 0.25) is 0 Å². The Morgan fingerprint density at radius 2 is 1.78 bits per heavy atom. The maximum atomic E-state index is 13.2. The molecule has 190 valence electrons. The average Bonchev–Trinajstić information content (AvgIpc) is 3.25. The van der Waals surface area contributed by atoms with Crippen molar-refractivity contribution in [2.45, 2.75) is 36.7 Å². The van der Waals surface area contributed by atoms with Gasteiger partial charge in [-0.3, -0.25) is 0 Å². The first kappa shape index (κ1) is 26.9. The lowest BCUT2D eigenvalue weighted by Crippen LogP contribution is -2.37. The summed E-state index contributed by atoms with van der Waals surface area (Å²) in [5.74, 6) is 0.295. The van der Waals surface area contributed by atoms with Crippen molar-refractivity contribution in [1.82, 2.24) is 9.55 Å². The zero-order valence-corrected chi connectivity index (χ0v) is 22.9. The maximum absolute atomic E-state index is 13.2. The molecule has 6 nitrogen and oxygen atoms in total. The highest BCUT2D eigenvalue weighted by molar-refractivity contribution is 7.94. The number of imidazole rings is 1. The quantitative estimate of drug-likeness (QED) is 0.363. The first-order valence-corrected chi connectivity index (χ1v) is 14.1. The fourth-order valence-electron chi connectivity index (χ4n) is 4.03. The zero-order valence-electron chi connectivity index (χ0n) is 19.8. The topological polar surface area (TPSA) is 92.4 Å². The number of benzene rings is 2. The van der Waals surface area contributed by atoms with Gasteiger partial charge in [-0.1, -0.05) is 71.2 Å². The van der Waals surface area contributed by atoms with Crippen LogP contribution in [0.15, 0.2) is 60.8 Å². The molecule has 1 atom stereocenters. The van der Waals surface area contributed by atoms with Crippen molar-refractivity contribution in [3.8, 4) is 11.4 Å². The first-order valence-electron chi connectivity index (χ1n) is 11.0. The van der Waals surface area contributed by atoms with E-state index in [4.69, 9.17) is 34.8 Å². The predicted octanol–water partition coefficient (Wildman–Crippen LogP) is 5.88. The van der Waals surface area contributed by atoms with E-state index in [0.29, 0.717) is 27.7 Å². The number of hydrogen-bond acceptors (Lipinski definition) is 5. The molecule has 1 aromatic heterocycles. The molecule has 0 radical (unpaired) electrons. The molecule has 10 heteroatoms. The normalized spacial score (nSPS) is 18.7. The van der Waals surface area contributed by atoms with Crippen molar-refractivity contribution in [2.75, 3.05) is 6.26 Å². The number of halogens is 3. The molecule has 2 N–H and O–H groups in total. The highest BCUT2D eigenvalue weighted by atomic mass is 35.5. The Morgan fingerprint density at radius 3 is 2.36 bits per heavy atom. The summed E-state index contributed by atoms with van der Waals surface area (Å²) in [6.45, 7) is 3.07. The molecule has 2 aromatic carbocycles. The lowest BCUT2D eigenvalue weighted by atomic mass is 9.94. The third-order valence-electron chi connectivity index (χ3n) is 6.12. The highest BCUT2D eigenvalue weighted by Crippen LogP contribution is 2.47. The van der Waals surface area contributed by atoms with Gasteiger partial charge in [0, 0.05) is 24.4 Å². The van der Waals surface area contributed by atoms with E-state index in [1.807, 2.05) is 18.2 Å². The summed E-state index contributed by atoms with van der Waals surface area (Å²) in [6.07, 6.45) is 6.09. The molecule has 3 aromatic rings. The number of rotatable bonds is 6. The zero-order chi connectivity index (χ0) is 26.5. The second kappa shape index (κ2) is 9.63. The number of aromatic nitrogens is 2. The number of alkyl halides is 1. The summed E-state index contributed by atoms with van der Waals surface area (Å²) in [5.41, 5.74) is 1.93. The van der Waals surface area contributed by atoms with Crippen LogP contribution in [0.5, 0.6) is 0 Å². The van der Waals surface area contributed by atoms with Crippen LogP contribution in [0.4, 0.5) is 0 Å². The number of sulfone groups is 1. The summed E-state index contributed by atoms with van der Waals surface area (Å²) >= 11 is 19.8. The van der Waals surface area contributed by atoms with Gasteiger partial charge in [0.1, 0.15) is 11.4 Å². The molecule has 1 unspecified atom stereocenters. The molecule has 0 saturated heterocycles. The Bertz CT molecular complexity index is 1490. The summed E-state index contributed by atoms with van der Waals surface area (Å²) in [5, 5.41) is 20.6. The van der Waals surface area contributed by atoms with Gasteiger partial charge in [0.25, 0.3) is 0 Å². The molecule has 0 aliphatic heterocycles. The van der Waals surface area contributed by atoms with Gasteiger partial charge >= 0.3 is 0 Å². The number of aliphatic hydroxyl groups excluding tert-OH is 1. The van der Waals surface area contributed by atoms with Crippen LogP contribution in [0.2, 0.25) is 10.0 Å². The molecule has 0 saturated carbocycles. The molecule has 0 fully saturated rings. The Kier molecular flexibility index (Phi) is 7.20. The van der Waals surface area contributed by atoms with Crippen LogP contribution in [-0.4, -0.2) is 38.6 Å². The van der Waals surface area contributed by atoms with E-state index in [9.17, 15) is 18.6 Å². The van der Waals surface area contributed by atoms with Gasteiger partial charge in [0.15, 0.2) is 14.0 Å². The summed E-state index contributed by atoms with van der Waals surface area (Å²) in [4.78, 5) is 4.60. The van der Waals surface area contributed by atoms with Crippen LogP contribution in [0, 0.1) is 0 Å². The summed E-state index contributed by atoms with van der Waals surface area (Å²) in [6, 6.07) is 12.2. The molecular weight excluding hydrogens is 543 g/mol. The van der Waals surface area contributed by atoms with E-state index < -0.39 is 19.6 Å². The Morgan fingerprint density at radius 1 is 1.11 bits per heavy atom. The molecule has 1 aliphatic rings. The highest BCUT2D eigenvalue weighted by Gasteiger charge is 2.46.